The summed E-state index contributed by atoms with van der Waals surface area (Å²) in [6, 6.07) is 150. The van der Waals surface area contributed by atoms with Crippen molar-refractivity contribution in [1.29, 1.82) is 0 Å². The molecule has 18 aromatic rings. The number of carbonyl (C=O) groups excluding carboxylic acids is 3. The van der Waals surface area contributed by atoms with E-state index in [-0.39, 0.29) is 28.9 Å². The molecule has 5 aromatic heterocycles. The molecule has 0 aliphatic carbocycles. The van der Waals surface area contributed by atoms with Crippen molar-refractivity contribution in [2.24, 2.45) is 0 Å². The topological polar surface area (TPSA) is 204 Å². The first-order valence-electron chi connectivity index (χ1n) is 48.6. The van der Waals surface area contributed by atoms with Crippen molar-refractivity contribution >= 4 is 165 Å². The highest BCUT2D eigenvalue weighted by atomic mass is 35.5. The smallest absolute Gasteiger partial charge is 0.491 e. The van der Waals surface area contributed by atoms with E-state index in [1.54, 1.807) is 66.8 Å². The van der Waals surface area contributed by atoms with Crippen LogP contribution in [0.3, 0.4) is 0 Å². The molecule has 25 heteroatoms. The molecule has 2 amide bonds. The van der Waals surface area contributed by atoms with Crippen LogP contribution in [0.15, 0.2) is 437 Å². The van der Waals surface area contributed by atoms with Crippen LogP contribution < -0.4 is 104 Å². The van der Waals surface area contributed by atoms with Crippen LogP contribution in [0.2, 0.25) is 10.3 Å². The normalized spacial score (nSPS) is 12.5. The summed E-state index contributed by atoms with van der Waals surface area (Å²) < 4.78 is 37.6. The van der Waals surface area contributed by atoms with Crippen LogP contribution in [0.4, 0.5) is 0 Å². The van der Waals surface area contributed by atoms with Gasteiger partial charge in [0.05, 0.1) is 105 Å². The second-order valence-corrected chi connectivity index (χ2v) is 46.2. The van der Waals surface area contributed by atoms with Crippen molar-refractivity contribution in [2.45, 2.75) is 85.6 Å². The lowest BCUT2D eigenvalue weighted by molar-refractivity contribution is 0.00578. The number of pyridine rings is 5. The molecular weight excluding hydrogens is 1990 g/mol. The van der Waals surface area contributed by atoms with Gasteiger partial charge in [-0.3, -0.25) is 14.6 Å². The average Bonchev–Trinajstić information content (AvgIpc) is 1.17. The fourth-order valence-electron chi connectivity index (χ4n) is 17.0. The number of benzene rings is 13. The summed E-state index contributed by atoms with van der Waals surface area (Å²) in [5.41, 5.74) is 7.92. The van der Waals surface area contributed by atoms with Gasteiger partial charge >= 0.3 is 13.1 Å². The monoisotopic (exact) mass is 2100 g/mol. The average molecular weight is 2110 g/mol. The highest BCUT2D eigenvalue weighted by Crippen LogP contribution is 2.54. The van der Waals surface area contributed by atoms with Crippen molar-refractivity contribution < 1.29 is 47.4 Å². The van der Waals surface area contributed by atoms with Crippen molar-refractivity contribution in [3.63, 3.8) is 0 Å². The van der Waals surface area contributed by atoms with Crippen molar-refractivity contribution in [3.05, 3.63) is 498 Å². The molecule has 2 N–H and O–H groups in total. The van der Waals surface area contributed by atoms with E-state index in [1.165, 1.54) is 69.0 Å². The number of methoxy groups -OCH3 is 4. The summed E-state index contributed by atoms with van der Waals surface area (Å²) in [4.78, 5) is 55.5. The van der Waals surface area contributed by atoms with Gasteiger partial charge in [-0.2, -0.15) is 0 Å². The SMILES string of the molecule is CCOC(=O)c1c(C)cc(Cl)nc1CCl.COc1cc(-c2cc(C)c3c(n2)CNC3=O)cnc1OC.COc1cc(B2OC(C)(C)C(C)(C)O2)cnc1OC.Cc1cc(Cl)nc2c1C(=O)NC2.c1ccc(P(c2ccccc2)c2ccccc2)cc1.c1ccc(P(c2ccccc2)c2ccccc2)cc1.c1ccc(P(c2ccccc2)c2ccccc2)cc1.c1ccc([P+](c2ccccc2)(c2ccccc2)c2ccccc2)cc1. The molecule has 1 saturated heterocycles. The van der Waals surface area contributed by atoms with Crippen LogP contribution in [-0.2, 0) is 33.0 Å². The summed E-state index contributed by atoms with van der Waals surface area (Å²) in [7, 11) is 2.55. The Kier molecular flexibility index (Phi) is 40.5. The fourth-order valence-corrected chi connectivity index (χ4v) is 28.9. The molecule has 0 radical (unpaired) electrons. The number of hydrogen-bond donors (Lipinski definition) is 2. The minimum atomic E-state index is -1.91. The zero-order chi connectivity index (χ0) is 105. The van der Waals surface area contributed by atoms with Crippen molar-refractivity contribution in [3.8, 4) is 34.5 Å². The molecule has 3 aliphatic rings. The Morgan fingerprint density at radius 2 is 0.658 bits per heavy atom. The standard InChI is InChI=1S/C24H20P.3C18H15P.C15H15N3O3.C13H20BNO4.C10H11Cl2NO2.C8H7ClN2O/c1-5-13-21(14-6-1)25(22-15-7-2-8-16-22,23-17-9-3-10-18-23)24-19-11-4-12-20-24;3*1-4-10-16(11-5-1)19(17-12-6-2-7-13-17)18-14-8-3-9-15-18;1-8-4-10(18-11-7-16-14(19)13(8)11)9-5-12(20-2)15(21-3)17-6-9;1-12(2)13(3,4)19-14(18-12)9-7-10(16-5)11(17-6)15-8-9;1-3-15-10(14)9-6(2)4-8(12)13-7(9)5-11;1-4-2-6(9)11-5-3-10-8(12)7(4)5/h1-20H;3*1-15H;4-6H,7H2,1-3H3,(H,16,19);7-8H,1-6H3;4H,3,5H2,1-2H3;2H,3H2,1H3,(H,10,12)/q+1;;;;;;;. The van der Waals surface area contributed by atoms with Gasteiger partial charge in [0.2, 0.25) is 0 Å². The van der Waals surface area contributed by atoms with Gasteiger partial charge in [0.1, 0.15) is 38.8 Å². The first-order valence-corrected chi connectivity index (χ1v) is 55.7. The zero-order valence-corrected chi connectivity index (χ0v) is 91.1. The Hall–Kier alpha value is -14.2. The van der Waals surface area contributed by atoms with Gasteiger partial charge in [-0.25, -0.2) is 24.7 Å². The molecule has 0 unspecified atom stereocenters. The van der Waals surface area contributed by atoms with E-state index in [4.69, 9.17) is 67.8 Å². The quantitative estimate of drug-likeness (QED) is 0.0213. The molecule has 149 heavy (non-hydrogen) atoms. The van der Waals surface area contributed by atoms with E-state index < -0.39 is 44.1 Å². The second-order valence-electron chi connectivity index (χ2n) is 35.1. The van der Waals surface area contributed by atoms with Crippen LogP contribution in [0, 0.1) is 20.8 Å². The minimum absolute atomic E-state index is 0.0494. The Labute approximate surface area is 894 Å². The molecule has 0 saturated carbocycles. The number of halogens is 3. The Morgan fingerprint density at radius 3 is 0.960 bits per heavy atom. The van der Waals surface area contributed by atoms with Crippen LogP contribution in [-0.4, -0.2) is 96.1 Å². The predicted octanol–water partition coefficient (Wildman–Crippen LogP) is 22.0. The van der Waals surface area contributed by atoms with Crippen LogP contribution in [0.25, 0.3) is 11.3 Å². The molecule has 0 spiro atoms. The van der Waals surface area contributed by atoms with Crippen LogP contribution in [0.1, 0.15) is 99.5 Å². The number of ether oxygens (including phenoxy) is 5. The summed E-state index contributed by atoms with van der Waals surface area (Å²) in [5, 5.41) is 24.4. The third-order valence-corrected chi connectivity index (χ3v) is 37.0. The number of alkyl halides is 1. The van der Waals surface area contributed by atoms with Crippen molar-refractivity contribution in [1.82, 2.24) is 35.6 Å². The maximum atomic E-state index is 11.7. The third kappa shape index (κ3) is 28.5. The summed E-state index contributed by atoms with van der Waals surface area (Å²) in [6.07, 6.45) is 3.36. The highest BCUT2D eigenvalue weighted by Gasteiger charge is 2.52. The van der Waals surface area contributed by atoms with Gasteiger partial charge in [-0.05, 0) is 222 Å². The molecule has 752 valence electrons. The number of carbonyl (C=O) groups is 3. The van der Waals surface area contributed by atoms with E-state index in [9.17, 15) is 14.4 Å². The predicted molar refractivity (Wildman–Crippen MR) is 621 cm³/mol. The van der Waals surface area contributed by atoms with E-state index in [0.29, 0.717) is 75.6 Å². The zero-order valence-electron chi connectivity index (χ0n) is 85.2. The molecular formula is C124H118BCl3N7O10P4+. The molecule has 21 rings (SSSR count). The number of nitrogens with one attached hydrogen (secondary N) is 2. The molecule has 8 heterocycles. The largest absolute Gasteiger partial charge is 0.496 e. The maximum Gasteiger partial charge on any atom is 0.496 e. The molecule has 0 bridgehead atoms. The maximum absolute atomic E-state index is 11.7. The lowest BCUT2D eigenvalue weighted by atomic mass is 9.80. The van der Waals surface area contributed by atoms with Gasteiger partial charge in [0.15, 0.2) is 11.5 Å². The Morgan fingerprint density at radius 1 is 0.376 bits per heavy atom. The molecule has 3 aliphatic heterocycles. The lowest BCUT2D eigenvalue weighted by Gasteiger charge is -2.32. The number of fused-ring (bicyclic) bond motifs is 2. The van der Waals surface area contributed by atoms with Gasteiger partial charge in [0.25, 0.3) is 23.6 Å². The highest BCUT2D eigenvalue weighted by molar-refractivity contribution is 8.01. The van der Waals surface area contributed by atoms with E-state index >= 15 is 0 Å². The van der Waals surface area contributed by atoms with Gasteiger partial charge in [-0.15, -0.1) is 11.6 Å². The van der Waals surface area contributed by atoms with Gasteiger partial charge < -0.3 is 43.6 Å². The Balaban J connectivity index is 0.000000135. The molecule has 0 atom stereocenters. The Bertz CT molecular complexity index is 6590. The number of rotatable bonds is 22. The first-order chi connectivity index (χ1) is 72.5. The van der Waals surface area contributed by atoms with E-state index in [1.807, 2.05) is 59.7 Å². The number of esters is 1. The summed E-state index contributed by atoms with van der Waals surface area (Å²) >= 11 is 17.2. The number of hydrogen-bond acceptors (Lipinski definition) is 15. The fraction of sp³-hybridized carbons (Fsp3) is 0.145. The number of aromatic nitrogens is 5. The summed E-state index contributed by atoms with van der Waals surface area (Å²) in [5.74, 6) is 1.60. The lowest BCUT2D eigenvalue weighted by Crippen LogP contribution is -2.41. The molecule has 13 aromatic carbocycles. The molecule has 17 nitrogen and oxygen atoms in total. The van der Waals surface area contributed by atoms with Crippen LogP contribution in [0.5, 0.6) is 23.3 Å². The first kappa shape index (κ1) is 110. The van der Waals surface area contributed by atoms with Gasteiger partial charge in [-0.1, -0.05) is 369 Å². The summed E-state index contributed by atoms with van der Waals surface area (Å²) in [6.45, 7) is 16.6. The second kappa shape index (κ2) is 54.6. The van der Waals surface area contributed by atoms with Gasteiger partial charge in [0, 0.05) is 23.4 Å². The number of nitrogens with zero attached hydrogens (tertiary/aromatic N) is 5. The van der Waals surface area contributed by atoms with Crippen LogP contribution >= 0.6 is 65.8 Å². The van der Waals surface area contributed by atoms with E-state index in [2.05, 4.69) is 430 Å². The molecule has 1 fully saturated rings. The minimum Gasteiger partial charge on any atom is -0.491 e. The number of aryl methyl sites for hydroxylation is 3. The van der Waals surface area contributed by atoms with E-state index in [0.717, 1.165) is 44.8 Å². The number of amides is 2. The van der Waals surface area contributed by atoms with Crippen molar-refractivity contribution in [2.75, 3.05) is 35.0 Å². The third-order valence-electron chi connectivity index (χ3n) is 24.7.